The lowest BCUT2D eigenvalue weighted by molar-refractivity contribution is -0.143. The minimum atomic E-state index is -1.10. The summed E-state index contributed by atoms with van der Waals surface area (Å²) in [4.78, 5) is 37.1. The zero-order valence-corrected chi connectivity index (χ0v) is 11.8. The average molecular weight is 292 g/mol. The quantitative estimate of drug-likeness (QED) is 0.629. The Hall–Kier alpha value is -2.29. The number of aromatic nitrogens is 3. The van der Waals surface area contributed by atoms with Crippen LogP contribution in [0.25, 0.3) is 0 Å². The number of nitrogens with one attached hydrogen (secondary N) is 2. The first-order chi connectivity index (χ1) is 9.89. The van der Waals surface area contributed by atoms with Crippen molar-refractivity contribution in [3.05, 3.63) is 11.9 Å². The maximum Gasteiger partial charge on any atom is 0.277 e. The number of carbonyl (C=O) groups is 3. The van der Waals surface area contributed by atoms with Gasteiger partial charge < -0.3 is 10.2 Å². The van der Waals surface area contributed by atoms with E-state index in [2.05, 4.69) is 20.9 Å². The third-order valence-electron chi connectivity index (χ3n) is 3.89. The molecule has 0 saturated carbocycles. The molecule has 0 unspecified atom stereocenters. The number of amides is 3. The molecule has 2 saturated heterocycles. The molecule has 21 heavy (non-hydrogen) atoms. The Kier molecular flexibility index (Phi) is 3.01. The van der Waals surface area contributed by atoms with Gasteiger partial charge in [0.1, 0.15) is 12.1 Å². The summed E-state index contributed by atoms with van der Waals surface area (Å²) in [6.45, 7) is 4.58. The van der Waals surface area contributed by atoms with Gasteiger partial charge in [0.15, 0.2) is 5.69 Å². The van der Waals surface area contributed by atoms with Gasteiger partial charge in [0.05, 0.1) is 12.2 Å². The Labute approximate surface area is 120 Å². The summed E-state index contributed by atoms with van der Waals surface area (Å²) in [6, 6.07) is 0.193. The zero-order chi connectivity index (χ0) is 15.2. The van der Waals surface area contributed by atoms with Crippen LogP contribution in [0.2, 0.25) is 0 Å². The van der Waals surface area contributed by atoms with Crippen LogP contribution in [0.15, 0.2) is 6.20 Å². The van der Waals surface area contributed by atoms with Crippen LogP contribution in [0.3, 0.4) is 0 Å². The third kappa shape index (κ3) is 2.19. The number of nitrogens with zero attached hydrogens (tertiary/aromatic N) is 4. The van der Waals surface area contributed by atoms with Crippen LogP contribution in [-0.4, -0.2) is 62.8 Å². The lowest BCUT2D eigenvalue weighted by Gasteiger charge is -2.39. The number of hydrogen-bond acceptors (Lipinski definition) is 6. The van der Waals surface area contributed by atoms with Crippen molar-refractivity contribution in [1.82, 2.24) is 30.5 Å². The Morgan fingerprint density at radius 2 is 2.10 bits per heavy atom. The summed E-state index contributed by atoms with van der Waals surface area (Å²) < 4.78 is 1.63. The fraction of sp³-hybridized carbons (Fsp3) is 0.583. The maximum absolute atomic E-state index is 12.5. The van der Waals surface area contributed by atoms with E-state index in [1.807, 2.05) is 0 Å². The van der Waals surface area contributed by atoms with Crippen LogP contribution in [0.4, 0.5) is 0 Å². The van der Waals surface area contributed by atoms with Crippen LogP contribution >= 0.6 is 0 Å². The van der Waals surface area contributed by atoms with E-state index in [9.17, 15) is 14.4 Å². The second-order valence-electron chi connectivity index (χ2n) is 5.72. The molecule has 0 spiro atoms. The molecule has 9 heteroatoms. The standard InChI is InChI=1S/C12H16N6O3/c1-12(2)11(21)14-9(19)6-17(12)10(20)8-5-18(16-15-8)7-3-13-4-7/h5,7,13H,3-4,6H2,1-2H3,(H,14,19,21). The van der Waals surface area contributed by atoms with Gasteiger partial charge in [0.25, 0.3) is 11.8 Å². The van der Waals surface area contributed by atoms with E-state index in [0.29, 0.717) is 0 Å². The predicted molar refractivity (Wildman–Crippen MR) is 70.2 cm³/mol. The van der Waals surface area contributed by atoms with Crippen molar-refractivity contribution in [1.29, 1.82) is 0 Å². The molecule has 3 amide bonds. The number of rotatable bonds is 2. The van der Waals surface area contributed by atoms with E-state index in [0.717, 1.165) is 13.1 Å². The molecule has 3 rings (SSSR count). The number of piperazine rings is 1. The molecular weight excluding hydrogens is 276 g/mol. The lowest BCUT2D eigenvalue weighted by Crippen LogP contribution is -2.65. The predicted octanol–water partition coefficient (Wildman–Crippen LogP) is -1.70. The lowest BCUT2D eigenvalue weighted by atomic mass is 9.98. The number of carbonyl (C=O) groups excluding carboxylic acids is 3. The van der Waals surface area contributed by atoms with E-state index in [-0.39, 0.29) is 18.3 Å². The molecule has 9 nitrogen and oxygen atoms in total. The average Bonchev–Trinajstić information content (AvgIpc) is 2.80. The number of hydrogen-bond donors (Lipinski definition) is 2. The monoisotopic (exact) mass is 292 g/mol. The highest BCUT2D eigenvalue weighted by atomic mass is 16.2. The smallest absolute Gasteiger partial charge is 0.277 e. The van der Waals surface area contributed by atoms with Crippen molar-refractivity contribution < 1.29 is 14.4 Å². The van der Waals surface area contributed by atoms with E-state index >= 15 is 0 Å². The van der Waals surface area contributed by atoms with Crippen LogP contribution < -0.4 is 10.6 Å². The summed E-state index contributed by atoms with van der Waals surface area (Å²) in [5, 5.41) is 13.1. The molecule has 2 N–H and O–H groups in total. The molecule has 0 atom stereocenters. The van der Waals surface area contributed by atoms with Crippen LogP contribution in [0.1, 0.15) is 30.4 Å². The van der Waals surface area contributed by atoms with Crippen LogP contribution in [-0.2, 0) is 9.59 Å². The van der Waals surface area contributed by atoms with Gasteiger partial charge in [-0.25, -0.2) is 4.68 Å². The van der Waals surface area contributed by atoms with Crippen molar-refractivity contribution in [2.75, 3.05) is 19.6 Å². The van der Waals surface area contributed by atoms with Crippen molar-refractivity contribution in [3.8, 4) is 0 Å². The summed E-state index contributed by atoms with van der Waals surface area (Å²) in [5.74, 6) is -1.47. The Bertz CT molecular complexity index is 618. The van der Waals surface area contributed by atoms with Gasteiger partial charge >= 0.3 is 0 Å². The van der Waals surface area contributed by atoms with Crippen LogP contribution in [0, 0.1) is 0 Å². The minimum Gasteiger partial charge on any atom is -0.314 e. The molecule has 2 aliphatic heterocycles. The fourth-order valence-electron chi connectivity index (χ4n) is 2.26. The van der Waals surface area contributed by atoms with Gasteiger partial charge in [-0.1, -0.05) is 5.21 Å². The minimum absolute atomic E-state index is 0.137. The molecule has 0 aliphatic carbocycles. The summed E-state index contributed by atoms with van der Waals surface area (Å²) >= 11 is 0. The van der Waals surface area contributed by atoms with Gasteiger partial charge in [-0.05, 0) is 13.8 Å². The normalized spacial score (nSPS) is 21.9. The number of imide groups is 1. The Balaban J connectivity index is 1.84. The zero-order valence-electron chi connectivity index (χ0n) is 11.8. The summed E-state index contributed by atoms with van der Waals surface area (Å²) in [7, 11) is 0. The Morgan fingerprint density at radius 3 is 2.71 bits per heavy atom. The Morgan fingerprint density at radius 1 is 1.38 bits per heavy atom. The highest BCUT2D eigenvalue weighted by molar-refractivity contribution is 6.08. The SMILES string of the molecule is CC1(C)C(=O)NC(=O)CN1C(=O)c1cn(C2CNC2)nn1. The van der Waals surface area contributed by atoms with Gasteiger partial charge in [0.2, 0.25) is 5.91 Å². The maximum atomic E-state index is 12.5. The molecule has 3 heterocycles. The van der Waals surface area contributed by atoms with Crippen molar-refractivity contribution in [3.63, 3.8) is 0 Å². The van der Waals surface area contributed by atoms with Crippen molar-refractivity contribution in [2.45, 2.75) is 25.4 Å². The second kappa shape index (κ2) is 4.62. The first-order valence-corrected chi connectivity index (χ1v) is 6.68. The van der Waals surface area contributed by atoms with Crippen molar-refractivity contribution >= 4 is 17.7 Å². The van der Waals surface area contributed by atoms with Gasteiger partial charge in [-0.15, -0.1) is 5.10 Å². The molecule has 0 radical (unpaired) electrons. The molecular formula is C12H16N6O3. The second-order valence-corrected chi connectivity index (χ2v) is 5.72. The molecule has 1 aromatic heterocycles. The first kappa shape index (κ1) is 13.7. The van der Waals surface area contributed by atoms with E-state index < -0.39 is 23.3 Å². The largest absolute Gasteiger partial charge is 0.314 e. The molecule has 0 bridgehead atoms. The van der Waals surface area contributed by atoms with Gasteiger partial charge in [-0.2, -0.15) is 0 Å². The van der Waals surface area contributed by atoms with Crippen LogP contribution in [0.5, 0.6) is 0 Å². The van der Waals surface area contributed by atoms with Gasteiger partial charge in [0, 0.05) is 13.1 Å². The molecule has 112 valence electrons. The summed E-state index contributed by atoms with van der Waals surface area (Å²) in [6.07, 6.45) is 1.56. The fourth-order valence-corrected chi connectivity index (χ4v) is 2.26. The van der Waals surface area contributed by atoms with Crippen molar-refractivity contribution in [2.24, 2.45) is 0 Å². The third-order valence-corrected chi connectivity index (χ3v) is 3.89. The van der Waals surface area contributed by atoms with E-state index in [1.165, 1.54) is 4.90 Å². The highest BCUT2D eigenvalue weighted by Crippen LogP contribution is 2.21. The van der Waals surface area contributed by atoms with Gasteiger partial charge in [-0.3, -0.25) is 19.7 Å². The van der Waals surface area contributed by atoms with E-state index in [1.54, 1.807) is 24.7 Å². The molecule has 2 fully saturated rings. The molecule has 1 aromatic rings. The first-order valence-electron chi connectivity index (χ1n) is 6.68. The topological polar surface area (TPSA) is 109 Å². The highest BCUT2D eigenvalue weighted by Gasteiger charge is 2.44. The molecule has 0 aromatic carbocycles. The summed E-state index contributed by atoms with van der Waals surface area (Å²) in [5.41, 5.74) is -0.968. The molecule has 2 aliphatic rings. The van der Waals surface area contributed by atoms with E-state index in [4.69, 9.17) is 0 Å².